The van der Waals surface area contributed by atoms with Gasteiger partial charge >= 0.3 is 0 Å². The topological polar surface area (TPSA) is 20.3 Å². The maximum absolute atomic E-state index is 12.8. The number of hydrogen-bond acceptors (Lipinski definition) is 2. The Kier molecular flexibility index (Phi) is 6.32. The molecule has 2 nitrogen and oxygen atoms in total. The molecular formula is C18H25Cl2NOS. The molecule has 1 saturated heterocycles. The highest BCUT2D eigenvalue weighted by Gasteiger charge is 2.33. The van der Waals surface area contributed by atoms with Crippen LogP contribution in [-0.2, 0) is 4.79 Å². The third-order valence-corrected chi connectivity index (χ3v) is 6.02. The molecule has 0 N–H and O–H groups in total. The van der Waals surface area contributed by atoms with Crippen molar-refractivity contribution in [3.8, 4) is 0 Å². The van der Waals surface area contributed by atoms with Crippen LogP contribution in [0.3, 0.4) is 0 Å². The van der Waals surface area contributed by atoms with Crippen LogP contribution >= 0.6 is 35.0 Å². The Morgan fingerprint density at radius 2 is 2.09 bits per heavy atom. The summed E-state index contributed by atoms with van der Waals surface area (Å²) in [6.45, 7) is 9.59. The molecule has 1 fully saturated rings. The zero-order valence-corrected chi connectivity index (χ0v) is 16.6. The van der Waals surface area contributed by atoms with E-state index in [1.165, 1.54) is 0 Å². The van der Waals surface area contributed by atoms with Crippen molar-refractivity contribution in [2.24, 2.45) is 11.3 Å². The van der Waals surface area contributed by atoms with E-state index in [2.05, 4.69) is 27.7 Å². The number of benzene rings is 1. The fourth-order valence-electron chi connectivity index (χ4n) is 3.23. The summed E-state index contributed by atoms with van der Waals surface area (Å²) in [6.07, 6.45) is 1.63. The third kappa shape index (κ3) is 5.04. The smallest absolute Gasteiger partial charge is 0.224 e. The van der Waals surface area contributed by atoms with Crippen molar-refractivity contribution in [1.82, 2.24) is 4.90 Å². The van der Waals surface area contributed by atoms with Crippen molar-refractivity contribution in [2.45, 2.75) is 45.9 Å². The fraction of sp³-hybridized carbons (Fsp3) is 0.611. The molecule has 0 radical (unpaired) electrons. The van der Waals surface area contributed by atoms with Crippen LogP contribution < -0.4 is 0 Å². The van der Waals surface area contributed by atoms with Gasteiger partial charge in [0.15, 0.2) is 0 Å². The molecule has 0 aromatic heterocycles. The molecule has 0 aliphatic carbocycles. The lowest BCUT2D eigenvalue weighted by Gasteiger charge is -2.28. The van der Waals surface area contributed by atoms with Gasteiger partial charge in [-0.25, -0.2) is 0 Å². The Morgan fingerprint density at radius 1 is 1.39 bits per heavy atom. The van der Waals surface area contributed by atoms with Crippen molar-refractivity contribution in [1.29, 1.82) is 0 Å². The number of nitrogens with zero attached hydrogens (tertiary/aromatic N) is 1. The average molecular weight is 374 g/mol. The number of thioether (sulfide) groups is 1. The van der Waals surface area contributed by atoms with Crippen LogP contribution in [0.15, 0.2) is 18.2 Å². The van der Waals surface area contributed by atoms with Gasteiger partial charge in [0.25, 0.3) is 0 Å². The van der Waals surface area contributed by atoms with Gasteiger partial charge < -0.3 is 4.90 Å². The van der Waals surface area contributed by atoms with Crippen molar-refractivity contribution in [3.05, 3.63) is 33.8 Å². The largest absolute Gasteiger partial charge is 0.326 e. The van der Waals surface area contributed by atoms with E-state index in [-0.39, 0.29) is 16.7 Å². The number of rotatable bonds is 4. The molecule has 1 aliphatic heterocycles. The molecule has 0 saturated carbocycles. The minimum absolute atomic E-state index is 0.0180. The number of carbonyl (C=O) groups excluding carboxylic acids is 1. The van der Waals surface area contributed by atoms with E-state index < -0.39 is 0 Å². The normalized spacial score (nSPS) is 19.9. The summed E-state index contributed by atoms with van der Waals surface area (Å²) in [6, 6.07) is 5.65. The lowest BCUT2D eigenvalue weighted by Crippen LogP contribution is -2.32. The standard InChI is InChI=1S/C18H25Cl2NOS/c1-12(11-18(2,3)4)10-15(22)21-8-9-23-17(21)13-6-5-7-14(19)16(13)20/h5-7,12,17H,8-11H2,1-4H3/t12-,17+/m0/s1. The fourth-order valence-corrected chi connectivity index (χ4v) is 5.01. The van der Waals surface area contributed by atoms with Gasteiger partial charge in [0, 0.05) is 24.3 Å². The molecule has 1 heterocycles. The van der Waals surface area contributed by atoms with Crippen molar-refractivity contribution >= 4 is 40.9 Å². The highest BCUT2D eigenvalue weighted by molar-refractivity contribution is 7.99. The molecule has 128 valence electrons. The van der Waals surface area contributed by atoms with Crippen LogP contribution in [-0.4, -0.2) is 23.1 Å². The minimum Gasteiger partial charge on any atom is -0.326 e. The quantitative estimate of drug-likeness (QED) is 0.641. The Hall–Kier alpha value is -0.380. The second-order valence-corrected chi connectivity index (χ2v) is 9.50. The monoisotopic (exact) mass is 373 g/mol. The van der Waals surface area contributed by atoms with Gasteiger partial charge in [0.05, 0.1) is 10.0 Å². The van der Waals surface area contributed by atoms with Crippen LogP contribution in [0.4, 0.5) is 0 Å². The lowest BCUT2D eigenvalue weighted by atomic mass is 9.84. The number of hydrogen-bond donors (Lipinski definition) is 0. The van der Waals surface area contributed by atoms with E-state index in [4.69, 9.17) is 23.2 Å². The Balaban J connectivity index is 2.09. The van der Waals surface area contributed by atoms with Crippen LogP contribution in [0.2, 0.25) is 10.0 Å². The zero-order valence-electron chi connectivity index (χ0n) is 14.2. The van der Waals surface area contributed by atoms with Gasteiger partial charge in [-0.05, 0) is 23.8 Å². The van der Waals surface area contributed by atoms with E-state index in [9.17, 15) is 4.79 Å². The summed E-state index contributed by atoms with van der Waals surface area (Å²) in [7, 11) is 0. The summed E-state index contributed by atoms with van der Waals surface area (Å²) < 4.78 is 0. The zero-order chi connectivity index (χ0) is 17.2. The van der Waals surface area contributed by atoms with Gasteiger partial charge in [-0.2, -0.15) is 0 Å². The predicted octanol–water partition coefficient (Wildman–Crippen LogP) is 6.03. The molecule has 0 bridgehead atoms. The average Bonchev–Trinajstić information content (AvgIpc) is 2.88. The van der Waals surface area contributed by atoms with E-state index >= 15 is 0 Å². The molecule has 0 spiro atoms. The van der Waals surface area contributed by atoms with E-state index in [1.54, 1.807) is 17.8 Å². The first kappa shape index (κ1) is 19.0. The Labute approximate surface area is 153 Å². The van der Waals surface area contributed by atoms with Crippen LogP contribution in [0.5, 0.6) is 0 Å². The molecule has 5 heteroatoms. The predicted molar refractivity (Wildman–Crippen MR) is 101 cm³/mol. The van der Waals surface area contributed by atoms with Crippen LogP contribution in [0.1, 0.15) is 51.5 Å². The van der Waals surface area contributed by atoms with Gasteiger partial charge in [-0.1, -0.05) is 63.0 Å². The van der Waals surface area contributed by atoms with Crippen LogP contribution in [0, 0.1) is 11.3 Å². The van der Waals surface area contributed by atoms with E-state index in [1.807, 2.05) is 17.0 Å². The number of halogens is 2. The van der Waals surface area contributed by atoms with E-state index in [0.29, 0.717) is 22.4 Å². The van der Waals surface area contributed by atoms with Crippen LogP contribution in [0.25, 0.3) is 0 Å². The summed E-state index contributed by atoms with van der Waals surface area (Å²) >= 11 is 14.2. The molecular weight excluding hydrogens is 349 g/mol. The van der Waals surface area contributed by atoms with Crippen molar-refractivity contribution < 1.29 is 4.79 Å². The Bertz CT molecular complexity index is 571. The first-order valence-electron chi connectivity index (χ1n) is 8.04. The van der Waals surface area contributed by atoms with Gasteiger partial charge in [-0.3, -0.25) is 4.79 Å². The Morgan fingerprint density at radius 3 is 2.74 bits per heavy atom. The second-order valence-electron chi connectivity index (χ2n) is 7.53. The number of carbonyl (C=O) groups is 1. The highest BCUT2D eigenvalue weighted by Crippen LogP contribution is 2.43. The third-order valence-electron chi connectivity index (χ3n) is 3.94. The van der Waals surface area contributed by atoms with Gasteiger partial charge in [-0.15, -0.1) is 11.8 Å². The SMILES string of the molecule is C[C@@H](CC(=O)N1CCS[C@@H]1c1cccc(Cl)c1Cl)CC(C)(C)C. The molecule has 2 rings (SSSR count). The summed E-state index contributed by atoms with van der Waals surface area (Å²) in [5.41, 5.74) is 1.19. The minimum atomic E-state index is -0.0180. The highest BCUT2D eigenvalue weighted by atomic mass is 35.5. The maximum atomic E-state index is 12.8. The van der Waals surface area contributed by atoms with Crippen molar-refractivity contribution in [2.75, 3.05) is 12.3 Å². The summed E-state index contributed by atoms with van der Waals surface area (Å²) in [4.78, 5) is 14.7. The summed E-state index contributed by atoms with van der Waals surface area (Å²) in [5.74, 6) is 1.53. The first-order chi connectivity index (χ1) is 10.7. The molecule has 1 aliphatic rings. The van der Waals surface area contributed by atoms with Gasteiger partial charge in [0.2, 0.25) is 5.91 Å². The molecule has 0 unspecified atom stereocenters. The van der Waals surface area contributed by atoms with Crippen molar-refractivity contribution in [3.63, 3.8) is 0 Å². The van der Waals surface area contributed by atoms with E-state index in [0.717, 1.165) is 24.3 Å². The first-order valence-corrected chi connectivity index (χ1v) is 9.84. The molecule has 1 aromatic rings. The maximum Gasteiger partial charge on any atom is 0.224 e. The summed E-state index contributed by atoms with van der Waals surface area (Å²) in [5, 5.41) is 1.09. The lowest BCUT2D eigenvalue weighted by molar-refractivity contribution is -0.132. The molecule has 1 aromatic carbocycles. The molecule has 2 atom stereocenters. The molecule has 23 heavy (non-hydrogen) atoms. The molecule has 1 amide bonds. The van der Waals surface area contributed by atoms with Gasteiger partial charge in [0.1, 0.15) is 5.37 Å². The second kappa shape index (κ2) is 7.67. The number of amides is 1.